The van der Waals surface area contributed by atoms with Crippen molar-refractivity contribution in [2.45, 2.75) is 39.3 Å². The van der Waals surface area contributed by atoms with E-state index < -0.39 is 5.60 Å². The molecule has 2 rings (SSSR count). The summed E-state index contributed by atoms with van der Waals surface area (Å²) >= 11 is 1.55. The number of ether oxygens (including phenoxy) is 1. The minimum absolute atomic E-state index is 0.158. The summed E-state index contributed by atoms with van der Waals surface area (Å²) in [6.45, 7) is 7.87. The number of nitrogens with zero attached hydrogens (tertiary/aromatic N) is 2. The minimum Gasteiger partial charge on any atom is -0.493 e. The monoisotopic (exact) mass is 280 g/mol. The fraction of sp³-hybridized carbons (Fsp3) is 0.500. The Morgan fingerprint density at radius 2 is 2.16 bits per heavy atom. The van der Waals surface area contributed by atoms with Crippen molar-refractivity contribution in [3.05, 3.63) is 33.8 Å². The van der Waals surface area contributed by atoms with Gasteiger partial charge < -0.3 is 9.84 Å². The zero-order valence-corrected chi connectivity index (χ0v) is 12.8. The molecule has 0 aliphatic carbocycles. The Morgan fingerprint density at radius 3 is 2.63 bits per heavy atom. The third-order valence-corrected chi connectivity index (χ3v) is 4.46. The van der Waals surface area contributed by atoms with E-state index in [1.54, 1.807) is 31.6 Å². The first-order valence-electron chi connectivity index (χ1n) is 6.28. The van der Waals surface area contributed by atoms with Gasteiger partial charge in [-0.2, -0.15) is 5.10 Å². The topological polar surface area (TPSA) is 47.3 Å². The van der Waals surface area contributed by atoms with E-state index in [0.717, 1.165) is 10.4 Å². The first-order valence-corrected chi connectivity index (χ1v) is 7.16. The lowest BCUT2D eigenvalue weighted by molar-refractivity contribution is 0.0900. The predicted octanol–water partition coefficient (Wildman–Crippen LogP) is 3.10. The molecular weight excluding hydrogens is 260 g/mol. The minimum atomic E-state index is -1.11. The van der Waals surface area contributed by atoms with Gasteiger partial charge in [-0.3, -0.25) is 4.68 Å². The van der Waals surface area contributed by atoms with Crippen LogP contribution in [0.15, 0.2) is 17.6 Å². The number of rotatable bonds is 4. The highest BCUT2D eigenvalue weighted by Crippen LogP contribution is 2.40. The molecule has 0 amide bonds. The number of thiophene rings is 1. The largest absolute Gasteiger partial charge is 0.493 e. The van der Waals surface area contributed by atoms with Gasteiger partial charge in [-0.15, -0.1) is 11.3 Å². The molecule has 5 heteroatoms. The van der Waals surface area contributed by atoms with Gasteiger partial charge in [-0.1, -0.05) is 0 Å². The smallest absolute Gasteiger partial charge is 0.163 e. The van der Waals surface area contributed by atoms with Gasteiger partial charge in [0.25, 0.3) is 0 Å². The van der Waals surface area contributed by atoms with Crippen molar-refractivity contribution in [3.8, 4) is 5.75 Å². The van der Waals surface area contributed by atoms with Gasteiger partial charge in [0.05, 0.1) is 13.3 Å². The van der Waals surface area contributed by atoms with E-state index in [2.05, 4.69) is 5.10 Å². The van der Waals surface area contributed by atoms with Gasteiger partial charge in [0.15, 0.2) is 5.75 Å². The number of hydrogen-bond acceptors (Lipinski definition) is 4. The molecule has 0 bridgehead atoms. The molecule has 0 saturated heterocycles. The zero-order chi connectivity index (χ0) is 14.2. The summed E-state index contributed by atoms with van der Waals surface area (Å²) in [6, 6.07) is 2.17. The molecule has 2 aromatic rings. The number of aryl methyl sites for hydroxylation is 1. The molecule has 0 aliphatic rings. The zero-order valence-electron chi connectivity index (χ0n) is 12.0. The standard InChI is InChI=1S/C14H20N2O2S/c1-9(2)16-12(11(18-5)8-15-16)14(4,17)13-10(3)6-7-19-13/h6-9,17H,1-5H3. The maximum absolute atomic E-state index is 11.0. The molecule has 0 aliphatic heterocycles. The molecule has 1 unspecified atom stereocenters. The Kier molecular flexibility index (Phi) is 3.69. The van der Waals surface area contributed by atoms with Gasteiger partial charge in [0.1, 0.15) is 11.3 Å². The molecule has 19 heavy (non-hydrogen) atoms. The highest BCUT2D eigenvalue weighted by molar-refractivity contribution is 7.10. The van der Waals surface area contributed by atoms with Crippen LogP contribution in [-0.2, 0) is 5.60 Å². The van der Waals surface area contributed by atoms with E-state index in [1.165, 1.54) is 0 Å². The van der Waals surface area contributed by atoms with E-state index in [9.17, 15) is 5.11 Å². The van der Waals surface area contributed by atoms with E-state index in [4.69, 9.17) is 4.74 Å². The van der Waals surface area contributed by atoms with Gasteiger partial charge in [0.2, 0.25) is 0 Å². The molecule has 0 spiro atoms. The second kappa shape index (κ2) is 4.98. The molecule has 2 aromatic heterocycles. The molecule has 104 valence electrons. The number of methoxy groups -OCH3 is 1. The van der Waals surface area contributed by atoms with E-state index in [1.807, 2.05) is 36.9 Å². The van der Waals surface area contributed by atoms with Crippen molar-refractivity contribution in [1.29, 1.82) is 0 Å². The number of aliphatic hydroxyl groups is 1. The van der Waals surface area contributed by atoms with Crippen LogP contribution in [0.5, 0.6) is 5.75 Å². The fourth-order valence-electron chi connectivity index (χ4n) is 2.33. The lowest BCUT2D eigenvalue weighted by Gasteiger charge is -2.26. The van der Waals surface area contributed by atoms with Crippen LogP contribution in [0, 0.1) is 6.92 Å². The number of aromatic nitrogens is 2. The van der Waals surface area contributed by atoms with Crippen LogP contribution in [0.25, 0.3) is 0 Å². The SMILES string of the molecule is COc1cnn(C(C)C)c1C(C)(O)c1sccc1C. The Bertz CT molecular complexity index is 570. The molecule has 1 N–H and O–H groups in total. The molecule has 1 atom stereocenters. The van der Waals surface area contributed by atoms with Gasteiger partial charge in [0, 0.05) is 10.9 Å². The Balaban J connectivity index is 2.63. The normalized spacial score (nSPS) is 14.7. The maximum Gasteiger partial charge on any atom is 0.163 e. The lowest BCUT2D eigenvalue weighted by atomic mass is 9.96. The van der Waals surface area contributed by atoms with Crippen LogP contribution in [0.4, 0.5) is 0 Å². The summed E-state index contributed by atoms with van der Waals surface area (Å²) in [6.07, 6.45) is 1.66. The Labute approximate surface area is 117 Å². The Hall–Kier alpha value is -1.33. The summed E-state index contributed by atoms with van der Waals surface area (Å²) in [4.78, 5) is 0.924. The summed E-state index contributed by atoms with van der Waals surface area (Å²) < 4.78 is 7.18. The van der Waals surface area contributed by atoms with E-state index in [-0.39, 0.29) is 6.04 Å². The quantitative estimate of drug-likeness (QED) is 0.936. The summed E-state index contributed by atoms with van der Waals surface area (Å²) in [7, 11) is 1.60. The maximum atomic E-state index is 11.0. The highest BCUT2D eigenvalue weighted by atomic mass is 32.1. The van der Waals surface area contributed by atoms with Crippen molar-refractivity contribution in [2.24, 2.45) is 0 Å². The van der Waals surface area contributed by atoms with Crippen molar-refractivity contribution < 1.29 is 9.84 Å². The summed E-state index contributed by atoms with van der Waals surface area (Å²) in [5.74, 6) is 0.617. The Morgan fingerprint density at radius 1 is 1.47 bits per heavy atom. The van der Waals surface area contributed by atoms with Crippen LogP contribution in [0.3, 0.4) is 0 Å². The van der Waals surface area contributed by atoms with E-state index >= 15 is 0 Å². The van der Waals surface area contributed by atoms with Gasteiger partial charge in [-0.25, -0.2) is 0 Å². The third kappa shape index (κ3) is 2.28. The highest BCUT2D eigenvalue weighted by Gasteiger charge is 2.36. The molecule has 0 radical (unpaired) electrons. The van der Waals surface area contributed by atoms with E-state index in [0.29, 0.717) is 11.4 Å². The van der Waals surface area contributed by atoms with Crippen LogP contribution >= 0.6 is 11.3 Å². The van der Waals surface area contributed by atoms with Crippen LogP contribution in [0.2, 0.25) is 0 Å². The summed E-state index contributed by atoms with van der Waals surface area (Å²) in [5.41, 5.74) is 0.675. The third-order valence-electron chi connectivity index (χ3n) is 3.24. The van der Waals surface area contributed by atoms with Crippen LogP contribution in [0.1, 0.15) is 42.9 Å². The first kappa shape index (κ1) is 14.1. The predicted molar refractivity (Wildman–Crippen MR) is 76.9 cm³/mol. The average Bonchev–Trinajstić information content (AvgIpc) is 2.94. The molecule has 0 aromatic carbocycles. The second-order valence-corrected chi connectivity index (χ2v) is 6.02. The van der Waals surface area contributed by atoms with Crippen molar-refractivity contribution in [2.75, 3.05) is 7.11 Å². The van der Waals surface area contributed by atoms with Crippen molar-refractivity contribution in [1.82, 2.24) is 9.78 Å². The number of hydrogen-bond donors (Lipinski definition) is 1. The van der Waals surface area contributed by atoms with Crippen molar-refractivity contribution >= 4 is 11.3 Å². The van der Waals surface area contributed by atoms with Crippen molar-refractivity contribution in [3.63, 3.8) is 0 Å². The average molecular weight is 280 g/mol. The molecular formula is C14H20N2O2S. The van der Waals surface area contributed by atoms with Gasteiger partial charge >= 0.3 is 0 Å². The second-order valence-electron chi connectivity index (χ2n) is 5.10. The molecule has 4 nitrogen and oxygen atoms in total. The molecule has 0 fully saturated rings. The molecule has 2 heterocycles. The van der Waals surface area contributed by atoms with Gasteiger partial charge in [-0.05, 0) is 44.7 Å². The summed E-state index contributed by atoms with van der Waals surface area (Å²) in [5, 5.41) is 17.3. The van der Waals surface area contributed by atoms with Crippen LogP contribution in [-0.4, -0.2) is 22.0 Å². The first-order chi connectivity index (χ1) is 8.89. The van der Waals surface area contributed by atoms with Crippen LogP contribution < -0.4 is 4.74 Å². The lowest BCUT2D eigenvalue weighted by Crippen LogP contribution is -2.28. The molecule has 0 saturated carbocycles. The fourth-order valence-corrected chi connectivity index (χ4v) is 3.32.